The molecule has 45 heavy (non-hydrogen) atoms. The lowest BCUT2D eigenvalue weighted by Gasteiger charge is -2.64. The Morgan fingerprint density at radius 1 is 1.29 bits per heavy atom. The van der Waals surface area contributed by atoms with Crippen molar-refractivity contribution in [1.82, 2.24) is 25.9 Å². The van der Waals surface area contributed by atoms with E-state index >= 15 is 0 Å². The second kappa shape index (κ2) is 11.3. The number of halogens is 4. The van der Waals surface area contributed by atoms with Gasteiger partial charge in [-0.2, -0.15) is 18.4 Å². The molecule has 3 saturated carbocycles. The Hall–Kier alpha value is -4.27. The minimum absolute atomic E-state index is 0.111. The number of fused-ring (bicyclic) bond motifs is 1. The summed E-state index contributed by atoms with van der Waals surface area (Å²) in [6.07, 6.45) is 7.93. The molecule has 12 heteroatoms. The van der Waals surface area contributed by atoms with Crippen LogP contribution < -0.4 is 21.6 Å². The molecule has 0 amide bonds. The van der Waals surface area contributed by atoms with Crippen LogP contribution in [0, 0.1) is 22.7 Å². The molecule has 1 atom stereocenters. The summed E-state index contributed by atoms with van der Waals surface area (Å²) in [5.41, 5.74) is 9.15. The second-order valence-corrected chi connectivity index (χ2v) is 13.1. The van der Waals surface area contributed by atoms with Gasteiger partial charge in [-0.3, -0.25) is 15.0 Å². The molecule has 3 aliphatic carbocycles. The maximum atomic E-state index is 13.7. The van der Waals surface area contributed by atoms with Gasteiger partial charge in [-0.15, -0.1) is 5.53 Å². The Bertz CT molecular complexity index is 1760. The van der Waals surface area contributed by atoms with E-state index < -0.39 is 24.2 Å². The molecule has 3 fully saturated rings. The van der Waals surface area contributed by atoms with E-state index in [2.05, 4.69) is 49.3 Å². The molecule has 1 aliphatic heterocycles. The first-order valence-electron chi connectivity index (χ1n) is 14.7. The number of benzene rings is 1. The molecule has 8 nitrogen and oxygen atoms in total. The predicted molar refractivity (Wildman–Crippen MR) is 171 cm³/mol. The van der Waals surface area contributed by atoms with Crippen LogP contribution in [0.4, 0.5) is 24.5 Å². The molecule has 3 heterocycles. The number of rotatable bonds is 10. The first kappa shape index (κ1) is 30.7. The smallest absolute Gasteiger partial charge is 0.382 e. The zero-order valence-corrected chi connectivity index (χ0v) is 25.9. The van der Waals surface area contributed by atoms with E-state index in [4.69, 9.17) is 11.6 Å². The van der Waals surface area contributed by atoms with Crippen LogP contribution in [-0.4, -0.2) is 39.3 Å². The molecule has 4 aliphatic rings. The van der Waals surface area contributed by atoms with Gasteiger partial charge in [-0.25, -0.2) is 0 Å². The fraction of sp³-hybridized carbons (Fsp3) is 0.364. The third-order valence-electron chi connectivity index (χ3n) is 9.11. The molecule has 3 aromatic rings. The lowest BCUT2D eigenvalue weighted by molar-refractivity contribution is -0.206. The van der Waals surface area contributed by atoms with Crippen LogP contribution in [0.15, 0.2) is 61.2 Å². The molecular weight excluding hydrogens is 601 g/mol. The number of aromatic nitrogens is 2. The number of hydrogen-bond donors (Lipinski definition) is 4. The normalized spacial score (nSPS) is 21.4. The predicted octanol–water partition coefficient (Wildman–Crippen LogP) is 7.40. The summed E-state index contributed by atoms with van der Waals surface area (Å²) in [5.74, 6) is 0.795. The first-order chi connectivity index (χ1) is 21.4. The molecule has 0 unspecified atom stereocenters. The van der Waals surface area contributed by atoms with Crippen LogP contribution in [-0.2, 0) is 0 Å². The number of hydrazine groups is 2. The monoisotopic (exact) mass is 634 g/mol. The highest BCUT2D eigenvalue weighted by Crippen LogP contribution is 2.60. The van der Waals surface area contributed by atoms with Crippen LogP contribution in [0.5, 0.6) is 0 Å². The number of anilines is 2. The zero-order valence-electron chi connectivity index (χ0n) is 25.2. The number of alkyl halides is 3. The summed E-state index contributed by atoms with van der Waals surface area (Å²) in [6, 6.07) is 8.84. The molecule has 0 spiro atoms. The van der Waals surface area contributed by atoms with Crippen molar-refractivity contribution in [3.63, 3.8) is 0 Å². The minimum atomic E-state index is -4.45. The summed E-state index contributed by atoms with van der Waals surface area (Å²) < 4.78 is 41.1. The lowest BCUT2D eigenvalue weighted by Crippen LogP contribution is -2.69. The number of hydrogen-bond acceptors (Lipinski definition) is 8. The molecule has 1 aromatic carbocycles. The lowest BCUT2D eigenvalue weighted by atomic mass is 9.49. The number of allylic oxidation sites excluding steroid dienone is 1. The zero-order chi connectivity index (χ0) is 32.1. The Morgan fingerprint density at radius 3 is 2.69 bits per heavy atom. The number of nitrogens with one attached hydrogen (secondary N) is 4. The molecule has 0 radical (unpaired) electrons. The summed E-state index contributed by atoms with van der Waals surface area (Å²) in [5, 5.41) is 19.1. The number of nitrogens with zero attached hydrogens (tertiary/aromatic N) is 4. The van der Waals surface area contributed by atoms with Crippen molar-refractivity contribution >= 4 is 45.5 Å². The number of pyridine rings is 2. The summed E-state index contributed by atoms with van der Waals surface area (Å²) in [7, 11) is 0. The second-order valence-electron chi connectivity index (χ2n) is 12.7. The highest BCUT2D eigenvalue weighted by molar-refractivity contribution is 6.35. The van der Waals surface area contributed by atoms with E-state index in [1.807, 2.05) is 37.3 Å². The van der Waals surface area contributed by atoms with Crippen molar-refractivity contribution < 1.29 is 13.2 Å². The Kier molecular flexibility index (Phi) is 7.70. The van der Waals surface area contributed by atoms with Crippen molar-refractivity contribution in [2.75, 3.05) is 17.2 Å². The molecule has 2 bridgehead atoms. The molecule has 0 saturated heterocycles. The van der Waals surface area contributed by atoms with Crippen LogP contribution in [0.25, 0.3) is 22.6 Å². The van der Waals surface area contributed by atoms with Crippen molar-refractivity contribution in [2.24, 2.45) is 11.3 Å². The van der Waals surface area contributed by atoms with Gasteiger partial charge in [0.15, 0.2) is 0 Å². The molecule has 234 valence electrons. The van der Waals surface area contributed by atoms with Crippen molar-refractivity contribution in [3.8, 4) is 6.07 Å². The molecule has 2 aromatic heterocycles. The average Bonchev–Trinajstić information content (AvgIpc) is 3.41. The first-order valence-corrected chi connectivity index (χ1v) is 15.1. The number of nitriles is 1. The quantitative estimate of drug-likeness (QED) is 0.183. The van der Waals surface area contributed by atoms with Crippen LogP contribution in [0.2, 0.25) is 5.02 Å². The highest BCUT2D eigenvalue weighted by Gasteiger charge is 2.60. The molecular formula is C33H34ClF3N8. The Labute approximate surface area is 265 Å². The van der Waals surface area contributed by atoms with Crippen LogP contribution in [0.3, 0.4) is 0 Å². The van der Waals surface area contributed by atoms with Crippen LogP contribution >= 0.6 is 11.6 Å². The van der Waals surface area contributed by atoms with Gasteiger partial charge in [-0.1, -0.05) is 30.3 Å². The van der Waals surface area contributed by atoms with Gasteiger partial charge in [0, 0.05) is 41.8 Å². The minimum Gasteiger partial charge on any atom is -0.382 e. The van der Waals surface area contributed by atoms with Crippen LogP contribution in [0.1, 0.15) is 56.9 Å². The van der Waals surface area contributed by atoms with E-state index in [-0.39, 0.29) is 21.8 Å². The van der Waals surface area contributed by atoms with E-state index in [0.717, 1.165) is 61.6 Å². The van der Waals surface area contributed by atoms with Gasteiger partial charge >= 0.3 is 6.18 Å². The SMILES string of the molecule is C=C(c1cccnc1/C=C\C)[C@H](Nc1cc(Cl)c2ncc(C#N)c(NCC(C)(C)C(F)(F)F)c2c1)C1=CN(C23CC(C2)C3)NN1. The molecule has 7 rings (SSSR count). The van der Waals surface area contributed by atoms with E-state index in [1.54, 1.807) is 18.3 Å². The van der Waals surface area contributed by atoms with Gasteiger partial charge in [0.05, 0.1) is 50.2 Å². The summed E-state index contributed by atoms with van der Waals surface area (Å²) in [6.45, 7) is 8.17. The van der Waals surface area contributed by atoms with Crippen molar-refractivity contribution in [1.29, 1.82) is 5.26 Å². The maximum Gasteiger partial charge on any atom is 0.395 e. The Balaban J connectivity index is 1.40. The van der Waals surface area contributed by atoms with E-state index in [1.165, 1.54) is 6.20 Å². The van der Waals surface area contributed by atoms with Gasteiger partial charge in [0.2, 0.25) is 0 Å². The summed E-state index contributed by atoms with van der Waals surface area (Å²) in [4.78, 5) is 8.90. The third-order valence-corrected chi connectivity index (χ3v) is 9.39. The molecule has 4 N–H and O–H groups in total. The topological polar surface area (TPSA) is 101 Å². The standard InChI is InChI=1S/C33H34ClF3N8/c1-5-7-26-23(8-6-9-39-26)19(2)28(27-17-45(44-43-27)32-12-20(13-32)14-32)42-22-10-24-29(41-18-31(3,4)33(35,36)37)21(15-38)16-40-30(24)25(34)11-22/h5-11,16-17,20,28,42-44H,2,12-14,18H2,1,3-4H3,(H,40,41)/b7-5-/t20?,28-,32?/m0/s1. The average molecular weight is 635 g/mol. The Morgan fingerprint density at radius 2 is 2.04 bits per heavy atom. The van der Waals surface area contributed by atoms with E-state index in [9.17, 15) is 18.4 Å². The maximum absolute atomic E-state index is 13.7. The fourth-order valence-corrected chi connectivity index (χ4v) is 6.41. The van der Waals surface area contributed by atoms with Crippen molar-refractivity contribution in [3.05, 3.63) is 83.1 Å². The van der Waals surface area contributed by atoms with Gasteiger partial charge in [0.1, 0.15) is 6.07 Å². The largest absolute Gasteiger partial charge is 0.395 e. The van der Waals surface area contributed by atoms with E-state index in [0.29, 0.717) is 16.6 Å². The van der Waals surface area contributed by atoms with Gasteiger partial charge in [-0.05, 0) is 75.8 Å². The van der Waals surface area contributed by atoms with Gasteiger partial charge < -0.3 is 16.1 Å². The summed E-state index contributed by atoms with van der Waals surface area (Å²) >= 11 is 6.73. The third kappa shape index (κ3) is 5.47. The highest BCUT2D eigenvalue weighted by atomic mass is 35.5. The van der Waals surface area contributed by atoms with Crippen molar-refractivity contribution in [2.45, 2.75) is 57.8 Å². The fourth-order valence-electron chi connectivity index (χ4n) is 6.14. The van der Waals surface area contributed by atoms with Gasteiger partial charge in [0.25, 0.3) is 0 Å².